The summed E-state index contributed by atoms with van der Waals surface area (Å²) in [6, 6.07) is 0.677. The van der Waals surface area contributed by atoms with E-state index in [1.54, 1.807) is 0 Å². The molecule has 2 fully saturated rings. The van der Waals surface area contributed by atoms with E-state index in [1.165, 1.54) is 12.8 Å². The minimum atomic E-state index is -0.0392. The molecule has 1 aliphatic carbocycles. The molecule has 2 rings (SSSR count). The highest BCUT2D eigenvalue weighted by Gasteiger charge is 2.22. The first kappa shape index (κ1) is 11.9. The molecule has 1 saturated carbocycles. The number of hydrogen-bond acceptors (Lipinski definition) is 4. The number of hydrogen-bond donors (Lipinski definition) is 1. The largest absolute Gasteiger partial charge is 0.462 e. The normalized spacial score (nSPS) is 23.3. The molecule has 0 amide bonds. The molecule has 0 radical (unpaired) electrons. The van der Waals surface area contributed by atoms with Crippen molar-refractivity contribution in [2.45, 2.75) is 44.2 Å². The Morgan fingerprint density at radius 2 is 2.00 bits per heavy atom. The van der Waals surface area contributed by atoms with E-state index in [1.807, 2.05) is 0 Å². The molecule has 0 aromatic carbocycles. The fourth-order valence-electron chi connectivity index (χ4n) is 2.01. The second-order valence-electron chi connectivity index (χ2n) is 4.97. The van der Waals surface area contributed by atoms with Gasteiger partial charge < -0.3 is 15.0 Å². The lowest BCUT2D eigenvalue weighted by Crippen LogP contribution is -2.35. The van der Waals surface area contributed by atoms with Crippen LogP contribution in [0.5, 0.6) is 0 Å². The Morgan fingerprint density at radius 3 is 2.62 bits per heavy atom. The van der Waals surface area contributed by atoms with Crippen molar-refractivity contribution < 1.29 is 9.53 Å². The molecule has 2 aliphatic rings. The second kappa shape index (κ2) is 5.64. The highest BCUT2D eigenvalue weighted by molar-refractivity contribution is 5.69. The van der Waals surface area contributed by atoms with Crippen LogP contribution in [-0.4, -0.2) is 49.7 Å². The van der Waals surface area contributed by atoms with Gasteiger partial charge in [-0.2, -0.15) is 0 Å². The van der Waals surface area contributed by atoms with Crippen LogP contribution in [0, 0.1) is 0 Å². The molecule has 1 N–H and O–H groups in total. The monoisotopic (exact) mass is 226 g/mol. The van der Waals surface area contributed by atoms with Gasteiger partial charge >= 0.3 is 5.97 Å². The van der Waals surface area contributed by atoms with Crippen LogP contribution >= 0.6 is 0 Å². The molecule has 0 atom stereocenters. The zero-order chi connectivity index (χ0) is 11.4. The van der Waals surface area contributed by atoms with Gasteiger partial charge in [-0.05, 0) is 32.7 Å². The average molecular weight is 226 g/mol. The number of ether oxygens (including phenoxy) is 1. The van der Waals surface area contributed by atoms with Gasteiger partial charge in [-0.15, -0.1) is 0 Å². The average Bonchev–Trinajstić information content (AvgIpc) is 3.05. The summed E-state index contributed by atoms with van der Waals surface area (Å²) >= 11 is 0. The maximum atomic E-state index is 11.5. The van der Waals surface area contributed by atoms with E-state index < -0.39 is 0 Å². The Hall–Kier alpha value is -0.610. The summed E-state index contributed by atoms with van der Waals surface area (Å²) in [7, 11) is 2.11. The van der Waals surface area contributed by atoms with E-state index in [4.69, 9.17) is 4.74 Å². The molecule has 1 heterocycles. The highest BCUT2D eigenvalue weighted by atomic mass is 16.5. The zero-order valence-electron chi connectivity index (χ0n) is 10.1. The molecule has 0 unspecified atom stereocenters. The minimum Gasteiger partial charge on any atom is -0.462 e. The Balaban J connectivity index is 1.55. The molecule has 1 saturated heterocycles. The van der Waals surface area contributed by atoms with Gasteiger partial charge in [0.1, 0.15) is 6.10 Å². The maximum absolute atomic E-state index is 11.5. The molecule has 0 aromatic rings. The van der Waals surface area contributed by atoms with Gasteiger partial charge in [0.2, 0.25) is 0 Å². The molecule has 4 nitrogen and oxygen atoms in total. The Morgan fingerprint density at radius 1 is 1.31 bits per heavy atom. The quantitative estimate of drug-likeness (QED) is 0.703. The summed E-state index contributed by atoms with van der Waals surface area (Å²) in [6.45, 7) is 2.85. The SMILES string of the molecule is CN1CCC(OC(=O)CCNC2CC2)CC1. The van der Waals surface area contributed by atoms with E-state index >= 15 is 0 Å². The predicted molar refractivity (Wildman–Crippen MR) is 62.3 cm³/mol. The Kier molecular flexibility index (Phi) is 4.18. The van der Waals surface area contributed by atoms with Crippen molar-refractivity contribution in [2.24, 2.45) is 0 Å². The van der Waals surface area contributed by atoms with Crippen molar-refractivity contribution in [3.63, 3.8) is 0 Å². The van der Waals surface area contributed by atoms with E-state index in [9.17, 15) is 4.79 Å². The number of likely N-dealkylation sites (tertiary alicyclic amines) is 1. The van der Waals surface area contributed by atoms with Crippen LogP contribution in [-0.2, 0) is 9.53 Å². The lowest BCUT2D eigenvalue weighted by Gasteiger charge is -2.28. The first-order valence-corrected chi connectivity index (χ1v) is 6.35. The third-order valence-corrected chi connectivity index (χ3v) is 3.30. The molecule has 92 valence electrons. The summed E-state index contributed by atoms with van der Waals surface area (Å²) in [5, 5.41) is 3.32. The van der Waals surface area contributed by atoms with Gasteiger partial charge in [-0.3, -0.25) is 4.79 Å². The van der Waals surface area contributed by atoms with Crippen LogP contribution in [0.3, 0.4) is 0 Å². The van der Waals surface area contributed by atoms with Crippen molar-refractivity contribution in [2.75, 3.05) is 26.7 Å². The third-order valence-electron chi connectivity index (χ3n) is 3.30. The van der Waals surface area contributed by atoms with E-state index in [0.717, 1.165) is 32.5 Å². The van der Waals surface area contributed by atoms with Crippen molar-refractivity contribution in [1.82, 2.24) is 10.2 Å². The smallest absolute Gasteiger partial charge is 0.307 e. The number of piperidine rings is 1. The lowest BCUT2D eigenvalue weighted by molar-refractivity contribution is -0.150. The fourth-order valence-corrected chi connectivity index (χ4v) is 2.01. The molecule has 0 aromatic heterocycles. The van der Waals surface area contributed by atoms with Gasteiger partial charge in [0.15, 0.2) is 0 Å². The van der Waals surface area contributed by atoms with Gasteiger partial charge in [0.05, 0.1) is 6.42 Å². The predicted octanol–water partition coefficient (Wildman–Crippen LogP) is 0.766. The molecule has 1 aliphatic heterocycles. The van der Waals surface area contributed by atoms with Crippen molar-refractivity contribution in [3.8, 4) is 0 Å². The molecular weight excluding hydrogens is 204 g/mol. The summed E-state index contributed by atoms with van der Waals surface area (Å²) in [5.74, 6) is -0.0392. The van der Waals surface area contributed by atoms with Gasteiger partial charge in [0, 0.05) is 25.7 Å². The van der Waals surface area contributed by atoms with Crippen LogP contribution in [0.1, 0.15) is 32.1 Å². The molecule has 4 heteroatoms. The van der Waals surface area contributed by atoms with Gasteiger partial charge in [0.25, 0.3) is 0 Å². The number of nitrogens with zero attached hydrogens (tertiary/aromatic N) is 1. The van der Waals surface area contributed by atoms with Crippen molar-refractivity contribution in [3.05, 3.63) is 0 Å². The van der Waals surface area contributed by atoms with Crippen molar-refractivity contribution >= 4 is 5.97 Å². The van der Waals surface area contributed by atoms with Crippen LogP contribution in [0.15, 0.2) is 0 Å². The Bertz CT molecular complexity index is 233. The number of rotatable bonds is 5. The van der Waals surface area contributed by atoms with E-state index in [-0.39, 0.29) is 12.1 Å². The van der Waals surface area contributed by atoms with E-state index in [0.29, 0.717) is 12.5 Å². The van der Waals surface area contributed by atoms with Gasteiger partial charge in [-0.1, -0.05) is 0 Å². The molecule has 0 bridgehead atoms. The van der Waals surface area contributed by atoms with Crippen LogP contribution in [0.25, 0.3) is 0 Å². The summed E-state index contributed by atoms with van der Waals surface area (Å²) in [5.41, 5.74) is 0. The van der Waals surface area contributed by atoms with Crippen LogP contribution in [0.4, 0.5) is 0 Å². The van der Waals surface area contributed by atoms with Gasteiger partial charge in [-0.25, -0.2) is 0 Å². The Labute approximate surface area is 97.3 Å². The number of esters is 1. The molecule has 0 spiro atoms. The van der Waals surface area contributed by atoms with E-state index in [2.05, 4.69) is 17.3 Å². The molecular formula is C12H22N2O2. The van der Waals surface area contributed by atoms with Crippen molar-refractivity contribution in [1.29, 1.82) is 0 Å². The third kappa shape index (κ3) is 4.10. The molecule has 16 heavy (non-hydrogen) atoms. The summed E-state index contributed by atoms with van der Waals surface area (Å²) in [6.07, 6.45) is 5.18. The number of nitrogens with one attached hydrogen (secondary N) is 1. The van der Waals surface area contributed by atoms with Crippen LogP contribution < -0.4 is 5.32 Å². The standard InChI is InChI=1S/C12H22N2O2/c1-14-8-5-11(6-9-14)16-12(15)4-7-13-10-2-3-10/h10-11,13H,2-9H2,1H3. The second-order valence-corrected chi connectivity index (χ2v) is 4.97. The summed E-state index contributed by atoms with van der Waals surface area (Å²) in [4.78, 5) is 13.8. The number of carbonyl (C=O) groups is 1. The maximum Gasteiger partial charge on any atom is 0.307 e. The first-order valence-electron chi connectivity index (χ1n) is 6.35. The number of carbonyl (C=O) groups excluding carboxylic acids is 1. The topological polar surface area (TPSA) is 41.6 Å². The summed E-state index contributed by atoms with van der Waals surface area (Å²) < 4.78 is 5.44. The van der Waals surface area contributed by atoms with Crippen LogP contribution in [0.2, 0.25) is 0 Å². The lowest BCUT2D eigenvalue weighted by atomic mass is 10.1. The fraction of sp³-hybridized carbons (Fsp3) is 0.917. The highest BCUT2D eigenvalue weighted by Crippen LogP contribution is 2.18. The first-order chi connectivity index (χ1) is 7.74. The zero-order valence-corrected chi connectivity index (χ0v) is 10.1. The minimum absolute atomic E-state index is 0.0392.